The Balaban J connectivity index is 3.50. The standard InChI is InChI=1S/C7H4BrClFNO2/c8-4-3(10)1-2(7(12)13)6(11)5(4)9/h1H,11H2,(H,12,13). The first-order chi connectivity index (χ1) is 5.95. The van der Waals surface area contributed by atoms with Crippen LogP contribution < -0.4 is 5.73 Å². The molecule has 0 spiro atoms. The van der Waals surface area contributed by atoms with Crippen LogP contribution in [0.15, 0.2) is 10.5 Å². The maximum absolute atomic E-state index is 12.9. The van der Waals surface area contributed by atoms with Gasteiger partial charge in [0.2, 0.25) is 0 Å². The van der Waals surface area contributed by atoms with E-state index in [-0.39, 0.29) is 20.7 Å². The largest absolute Gasteiger partial charge is 0.478 e. The SMILES string of the molecule is Nc1c(C(=O)O)cc(F)c(Br)c1Cl. The Morgan fingerprint density at radius 2 is 2.23 bits per heavy atom. The van der Waals surface area contributed by atoms with E-state index in [2.05, 4.69) is 15.9 Å². The van der Waals surface area contributed by atoms with E-state index in [9.17, 15) is 9.18 Å². The monoisotopic (exact) mass is 267 g/mol. The molecule has 0 heterocycles. The van der Waals surface area contributed by atoms with Gasteiger partial charge in [0.05, 0.1) is 20.7 Å². The van der Waals surface area contributed by atoms with Crippen molar-refractivity contribution in [2.45, 2.75) is 0 Å². The second-order valence-corrected chi connectivity index (χ2v) is 3.42. The van der Waals surface area contributed by atoms with Crippen molar-refractivity contribution in [3.63, 3.8) is 0 Å². The zero-order chi connectivity index (χ0) is 10.2. The first kappa shape index (κ1) is 10.3. The fourth-order valence-electron chi connectivity index (χ4n) is 0.786. The zero-order valence-corrected chi connectivity index (χ0v) is 8.49. The average molecular weight is 268 g/mol. The molecule has 0 radical (unpaired) electrons. The van der Waals surface area contributed by atoms with Gasteiger partial charge in [0, 0.05) is 0 Å². The lowest BCUT2D eigenvalue weighted by Crippen LogP contribution is -2.04. The van der Waals surface area contributed by atoms with Crippen LogP contribution in [-0.4, -0.2) is 11.1 Å². The normalized spacial score (nSPS) is 10.1. The first-order valence-electron chi connectivity index (χ1n) is 3.11. The van der Waals surface area contributed by atoms with Crippen molar-refractivity contribution in [1.29, 1.82) is 0 Å². The molecule has 70 valence electrons. The number of carbonyl (C=O) groups is 1. The molecule has 0 amide bonds. The summed E-state index contributed by atoms with van der Waals surface area (Å²) in [6.45, 7) is 0. The molecule has 0 aliphatic carbocycles. The molecule has 0 atom stereocenters. The quantitative estimate of drug-likeness (QED) is 0.607. The number of hydrogen-bond acceptors (Lipinski definition) is 2. The predicted molar refractivity (Wildman–Crippen MR) is 50.5 cm³/mol. The van der Waals surface area contributed by atoms with Gasteiger partial charge < -0.3 is 10.8 Å². The highest BCUT2D eigenvalue weighted by Gasteiger charge is 2.16. The zero-order valence-electron chi connectivity index (χ0n) is 6.14. The van der Waals surface area contributed by atoms with E-state index < -0.39 is 11.8 Å². The van der Waals surface area contributed by atoms with Crippen LogP contribution in [0.2, 0.25) is 5.02 Å². The van der Waals surface area contributed by atoms with Gasteiger partial charge in [0.25, 0.3) is 0 Å². The lowest BCUT2D eigenvalue weighted by atomic mass is 10.2. The van der Waals surface area contributed by atoms with Crippen molar-refractivity contribution in [2.24, 2.45) is 0 Å². The van der Waals surface area contributed by atoms with Crippen molar-refractivity contribution in [3.8, 4) is 0 Å². The number of carboxylic acid groups (broad SMARTS) is 1. The van der Waals surface area contributed by atoms with Crippen LogP contribution in [0.4, 0.5) is 10.1 Å². The number of anilines is 1. The maximum atomic E-state index is 12.9. The van der Waals surface area contributed by atoms with Gasteiger partial charge in [0.15, 0.2) is 0 Å². The molecule has 6 heteroatoms. The molecule has 0 fully saturated rings. The summed E-state index contributed by atoms with van der Waals surface area (Å²) in [6.07, 6.45) is 0. The Morgan fingerprint density at radius 3 is 2.69 bits per heavy atom. The lowest BCUT2D eigenvalue weighted by Gasteiger charge is -2.05. The van der Waals surface area contributed by atoms with Gasteiger partial charge >= 0.3 is 5.97 Å². The van der Waals surface area contributed by atoms with E-state index >= 15 is 0 Å². The molecule has 1 aromatic rings. The number of carboxylic acids is 1. The number of aromatic carboxylic acids is 1. The van der Waals surface area contributed by atoms with Gasteiger partial charge in [-0.05, 0) is 22.0 Å². The Hall–Kier alpha value is -0.810. The minimum atomic E-state index is -1.31. The number of halogens is 3. The van der Waals surface area contributed by atoms with Crippen LogP contribution in [0, 0.1) is 5.82 Å². The van der Waals surface area contributed by atoms with E-state index in [0.717, 1.165) is 6.07 Å². The smallest absolute Gasteiger partial charge is 0.337 e. The van der Waals surface area contributed by atoms with E-state index in [4.69, 9.17) is 22.4 Å². The molecular weight excluding hydrogens is 264 g/mol. The summed E-state index contributed by atoms with van der Waals surface area (Å²) in [5, 5.41) is 8.46. The molecule has 0 saturated heterocycles. The highest BCUT2D eigenvalue weighted by Crippen LogP contribution is 2.33. The highest BCUT2D eigenvalue weighted by molar-refractivity contribution is 9.10. The molecule has 0 aliphatic heterocycles. The molecule has 0 unspecified atom stereocenters. The Morgan fingerprint density at radius 1 is 1.69 bits per heavy atom. The number of nitrogens with two attached hydrogens (primary N) is 1. The van der Waals surface area contributed by atoms with Crippen LogP contribution >= 0.6 is 27.5 Å². The highest BCUT2D eigenvalue weighted by atomic mass is 79.9. The van der Waals surface area contributed by atoms with E-state index in [1.807, 2.05) is 0 Å². The first-order valence-corrected chi connectivity index (χ1v) is 4.28. The lowest BCUT2D eigenvalue weighted by molar-refractivity contribution is 0.0697. The van der Waals surface area contributed by atoms with Gasteiger partial charge in [-0.15, -0.1) is 0 Å². The average Bonchev–Trinajstić information content (AvgIpc) is 2.07. The number of rotatable bonds is 1. The summed E-state index contributed by atoms with van der Waals surface area (Å²) in [7, 11) is 0. The fraction of sp³-hybridized carbons (Fsp3) is 0. The minimum absolute atomic E-state index is 0.0309. The maximum Gasteiger partial charge on any atom is 0.337 e. The summed E-state index contributed by atoms with van der Waals surface area (Å²) in [6, 6.07) is 0.813. The molecule has 3 N–H and O–H groups in total. The summed E-state index contributed by atoms with van der Waals surface area (Å²) in [5.74, 6) is -2.07. The molecule has 1 rings (SSSR count). The van der Waals surface area contributed by atoms with Gasteiger partial charge in [-0.25, -0.2) is 9.18 Å². The number of benzene rings is 1. The third-order valence-electron chi connectivity index (χ3n) is 1.43. The minimum Gasteiger partial charge on any atom is -0.478 e. The summed E-state index contributed by atoms with van der Waals surface area (Å²) in [4.78, 5) is 10.5. The Bertz CT molecular complexity index is 383. The summed E-state index contributed by atoms with van der Waals surface area (Å²) in [5.41, 5.74) is 4.85. The molecule has 1 aromatic carbocycles. The fourth-order valence-corrected chi connectivity index (χ4v) is 1.31. The van der Waals surface area contributed by atoms with Crippen molar-refractivity contribution < 1.29 is 14.3 Å². The molecule has 0 aromatic heterocycles. The van der Waals surface area contributed by atoms with E-state index in [1.54, 1.807) is 0 Å². The second-order valence-electron chi connectivity index (χ2n) is 2.25. The predicted octanol–water partition coefficient (Wildman–Crippen LogP) is 2.52. The molecule has 3 nitrogen and oxygen atoms in total. The Labute approximate surface area is 86.4 Å². The number of hydrogen-bond donors (Lipinski definition) is 2. The van der Waals surface area contributed by atoms with Crippen LogP contribution in [-0.2, 0) is 0 Å². The van der Waals surface area contributed by atoms with Gasteiger partial charge in [-0.2, -0.15) is 0 Å². The summed E-state index contributed by atoms with van der Waals surface area (Å²) < 4.78 is 12.9. The number of nitrogen functional groups attached to an aromatic ring is 1. The third-order valence-corrected chi connectivity index (χ3v) is 2.83. The van der Waals surface area contributed by atoms with Gasteiger partial charge in [0.1, 0.15) is 5.82 Å². The molecule has 0 saturated carbocycles. The van der Waals surface area contributed by atoms with Crippen molar-refractivity contribution in [1.82, 2.24) is 0 Å². The van der Waals surface area contributed by atoms with Gasteiger partial charge in [-0.1, -0.05) is 11.6 Å². The van der Waals surface area contributed by atoms with Crippen molar-refractivity contribution in [2.75, 3.05) is 5.73 Å². The van der Waals surface area contributed by atoms with E-state index in [1.165, 1.54) is 0 Å². The van der Waals surface area contributed by atoms with E-state index in [0.29, 0.717) is 0 Å². The Kier molecular flexibility index (Phi) is 2.77. The molecule has 0 bridgehead atoms. The van der Waals surface area contributed by atoms with Gasteiger partial charge in [-0.3, -0.25) is 0 Å². The molecule has 13 heavy (non-hydrogen) atoms. The molecule has 0 aliphatic rings. The van der Waals surface area contributed by atoms with Crippen LogP contribution in [0.1, 0.15) is 10.4 Å². The third kappa shape index (κ3) is 1.76. The molecular formula is C7H4BrClFNO2. The van der Waals surface area contributed by atoms with Crippen molar-refractivity contribution in [3.05, 3.63) is 26.9 Å². The topological polar surface area (TPSA) is 63.3 Å². The van der Waals surface area contributed by atoms with Crippen LogP contribution in [0.5, 0.6) is 0 Å². The van der Waals surface area contributed by atoms with Crippen LogP contribution in [0.3, 0.4) is 0 Å². The van der Waals surface area contributed by atoms with Crippen molar-refractivity contribution >= 4 is 39.2 Å². The summed E-state index contributed by atoms with van der Waals surface area (Å²) >= 11 is 8.39. The van der Waals surface area contributed by atoms with Crippen LogP contribution in [0.25, 0.3) is 0 Å². The second kappa shape index (κ2) is 3.51.